The molecule has 0 saturated carbocycles. The van der Waals surface area contributed by atoms with Crippen molar-refractivity contribution in [2.75, 3.05) is 6.54 Å². The van der Waals surface area contributed by atoms with Gasteiger partial charge >= 0.3 is 0 Å². The van der Waals surface area contributed by atoms with Crippen LogP contribution in [0.3, 0.4) is 0 Å². The van der Waals surface area contributed by atoms with Gasteiger partial charge in [0.05, 0.1) is 6.10 Å². The number of aliphatic hydroxyl groups is 1. The van der Waals surface area contributed by atoms with Crippen molar-refractivity contribution in [1.82, 2.24) is 0 Å². The smallest absolute Gasteiger partial charge is 0.0923 e. The molecule has 0 saturated heterocycles. The highest BCUT2D eigenvalue weighted by molar-refractivity contribution is 5.82. The molecule has 0 aliphatic carbocycles. The summed E-state index contributed by atoms with van der Waals surface area (Å²) < 4.78 is 0. The third-order valence-electron chi connectivity index (χ3n) is 0.940. The zero-order valence-electron chi connectivity index (χ0n) is 5.02. The molecule has 8 heavy (non-hydrogen) atoms. The van der Waals surface area contributed by atoms with Gasteiger partial charge < -0.3 is 16.2 Å². The minimum absolute atomic E-state index is 0.287. The molecular weight excluding hydrogens is 104 g/mol. The van der Waals surface area contributed by atoms with Crippen LogP contribution < -0.4 is 5.73 Å². The van der Waals surface area contributed by atoms with Crippen molar-refractivity contribution < 1.29 is 5.11 Å². The average Bonchev–Trinajstić information content (AvgIpc) is 1.67. The Labute approximate surface area is 49.0 Å². The van der Waals surface area contributed by atoms with Crippen LogP contribution in [-0.2, 0) is 0 Å². The molecule has 1 unspecified atom stereocenters. The van der Waals surface area contributed by atoms with Crippen molar-refractivity contribution in [3.05, 3.63) is 0 Å². The van der Waals surface area contributed by atoms with Crippen LogP contribution in [0.4, 0.5) is 0 Å². The number of nitrogens with one attached hydrogen (secondary N) is 1. The summed E-state index contributed by atoms with van der Waals surface area (Å²) in [6, 6.07) is 0. The molecular formula is C5H12N2O. The number of hydrogen-bond donors (Lipinski definition) is 3. The van der Waals surface area contributed by atoms with E-state index in [2.05, 4.69) is 0 Å². The molecule has 1 atom stereocenters. The first-order chi connectivity index (χ1) is 3.68. The van der Waals surface area contributed by atoms with Gasteiger partial charge in [0.2, 0.25) is 0 Å². The second-order valence-corrected chi connectivity index (χ2v) is 1.78. The molecule has 0 aromatic heterocycles. The number of aliphatic hydroxyl groups excluding tert-OH is 1. The van der Waals surface area contributed by atoms with E-state index in [-0.39, 0.29) is 5.71 Å². The molecule has 0 aromatic carbocycles. The van der Waals surface area contributed by atoms with Crippen molar-refractivity contribution in [2.24, 2.45) is 5.73 Å². The van der Waals surface area contributed by atoms with Gasteiger partial charge in [-0.05, 0) is 19.9 Å². The summed E-state index contributed by atoms with van der Waals surface area (Å²) >= 11 is 0. The lowest BCUT2D eigenvalue weighted by molar-refractivity contribution is 0.232. The van der Waals surface area contributed by atoms with Crippen LogP contribution in [0.2, 0.25) is 0 Å². The SMILES string of the molecule is CC(=N)C(O)CCN. The van der Waals surface area contributed by atoms with Gasteiger partial charge in [0, 0.05) is 5.71 Å². The number of rotatable bonds is 3. The molecule has 0 amide bonds. The Bertz CT molecular complexity index is 82.5. The van der Waals surface area contributed by atoms with E-state index in [1.54, 1.807) is 6.92 Å². The first-order valence-corrected chi connectivity index (χ1v) is 2.61. The van der Waals surface area contributed by atoms with Crippen molar-refractivity contribution in [1.29, 1.82) is 5.41 Å². The summed E-state index contributed by atoms with van der Waals surface area (Å²) in [6.45, 7) is 2.01. The Kier molecular flexibility index (Phi) is 3.39. The van der Waals surface area contributed by atoms with Crippen LogP contribution in [0.5, 0.6) is 0 Å². The van der Waals surface area contributed by atoms with Crippen LogP contribution in [0.25, 0.3) is 0 Å². The van der Waals surface area contributed by atoms with Gasteiger partial charge in [0.1, 0.15) is 0 Å². The van der Waals surface area contributed by atoms with E-state index in [4.69, 9.17) is 16.2 Å². The second-order valence-electron chi connectivity index (χ2n) is 1.78. The molecule has 0 aromatic rings. The standard InChI is InChI=1S/C5H12N2O/c1-4(7)5(8)2-3-6/h5,7-8H,2-3,6H2,1H3. The molecule has 0 fully saturated rings. The topological polar surface area (TPSA) is 70.1 Å². The van der Waals surface area contributed by atoms with E-state index in [0.717, 1.165) is 0 Å². The van der Waals surface area contributed by atoms with Crippen LogP contribution >= 0.6 is 0 Å². The molecule has 3 nitrogen and oxygen atoms in total. The molecule has 0 aliphatic heterocycles. The third-order valence-corrected chi connectivity index (χ3v) is 0.940. The largest absolute Gasteiger partial charge is 0.387 e. The van der Waals surface area contributed by atoms with Gasteiger partial charge in [0.25, 0.3) is 0 Å². The second kappa shape index (κ2) is 3.57. The van der Waals surface area contributed by atoms with E-state index in [9.17, 15) is 0 Å². The molecule has 0 aliphatic rings. The molecule has 4 N–H and O–H groups in total. The highest BCUT2D eigenvalue weighted by Crippen LogP contribution is 1.88. The van der Waals surface area contributed by atoms with E-state index >= 15 is 0 Å². The molecule has 0 radical (unpaired) electrons. The molecule has 48 valence electrons. The molecule has 0 spiro atoms. The Morgan fingerprint density at radius 3 is 2.50 bits per heavy atom. The molecule has 0 bridgehead atoms. The van der Waals surface area contributed by atoms with Crippen molar-refractivity contribution >= 4 is 5.71 Å². The van der Waals surface area contributed by atoms with Gasteiger partial charge in [-0.1, -0.05) is 0 Å². The quantitative estimate of drug-likeness (QED) is 0.444. The van der Waals surface area contributed by atoms with Gasteiger partial charge in [-0.3, -0.25) is 0 Å². The van der Waals surface area contributed by atoms with E-state index in [1.807, 2.05) is 0 Å². The Hall–Kier alpha value is -0.410. The van der Waals surface area contributed by atoms with Gasteiger partial charge in [-0.2, -0.15) is 0 Å². The maximum atomic E-state index is 8.82. The average molecular weight is 116 g/mol. The molecule has 0 rings (SSSR count). The van der Waals surface area contributed by atoms with Crippen LogP contribution in [-0.4, -0.2) is 23.5 Å². The van der Waals surface area contributed by atoms with Gasteiger partial charge in [-0.25, -0.2) is 0 Å². The third kappa shape index (κ3) is 2.71. The maximum Gasteiger partial charge on any atom is 0.0923 e. The van der Waals surface area contributed by atoms with Crippen LogP contribution in [0.15, 0.2) is 0 Å². The zero-order chi connectivity index (χ0) is 6.57. The van der Waals surface area contributed by atoms with Gasteiger partial charge in [-0.15, -0.1) is 0 Å². The Morgan fingerprint density at radius 2 is 2.38 bits per heavy atom. The summed E-state index contributed by atoms with van der Waals surface area (Å²) in [5.41, 5.74) is 5.40. The number of nitrogens with two attached hydrogens (primary N) is 1. The lowest BCUT2D eigenvalue weighted by atomic mass is 10.2. The normalized spacial score (nSPS) is 13.4. The Morgan fingerprint density at radius 1 is 1.88 bits per heavy atom. The van der Waals surface area contributed by atoms with E-state index in [1.165, 1.54) is 0 Å². The summed E-state index contributed by atoms with van der Waals surface area (Å²) in [5, 5.41) is 15.7. The maximum absolute atomic E-state index is 8.82. The fourth-order valence-corrected chi connectivity index (χ4v) is 0.374. The lowest BCUT2D eigenvalue weighted by Gasteiger charge is -2.04. The van der Waals surface area contributed by atoms with Crippen LogP contribution in [0, 0.1) is 5.41 Å². The highest BCUT2D eigenvalue weighted by Gasteiger charge is 2.02. The summed E-state index contributed by atoms with van der Waals surface area (Å²) in [5.74, 6) is 0. The van der Waals surface area contributed by atoms with Crippen LogP contribution in [0.1, 0.15) is 13.3 Å². The minimum atomic E-state index is -0.625. The van der Waals surface area contributed by atoms with E-state index < -0.39 is 6.10 Å². The van der Waals surface area contributed by atoms with Crippen molar-refractivity contribution in [3.8, 4) is 0 Å². The fraction of sp³-hybridized carbons (Fsp3) is 0.800. The van der Waals surface area contributed by atoms with Crippen molar-refractivity contribution in [3.63, 3.8) is 0 Å². The fourth-order valence-electron chi connectivity index (χ4n) is 0.374. The first-order valence-electron chi connectivity index (χ1n) is 2.61. The lowest BCUT2D eigenvalue weighted by Crippen LogP contribution is -2.20. The van der Waals surface area contributed by atoms with Crippen molar-refractivity contribution in [2.45, 2.75) is 19.4 Å². The molecule has 3 heteroatoms. The summed E-state index contributed by atoms with van der Waals surface area (Å²) in [6.07, 6.45) is -0.130. The predicted molar refractivity (Wildman–Crippen MR) is 33.1 cm³/mol. The van der Waals surface area contributed by atoms with E-state index in [0.29, 0.717) is 13.0 Å². The van der Waals surface area contributed by atoms with Gasteiger partial charge in [0.15, 0.2) is 0 Å². The summed E-state index contributed by atoms with van der Waals surface area (Å²) in [4.78, 5) is 0. The molecule has 0 heterocycles. The monoisotopic (exact) mass is 116 g/mol. The predicted octanol–water partition coefficient (Wildman–Crippen LogP) is -0.264. The minimum Gasteiger partial charge on any atom is -0.387 e. The number of hydrogen-bond acceptors (Lipinski definition) is 3. The zero-order valence-corrected chi connectivity index (χ0v) is 5.02. The Balaban J connectivity index is 3.32. The summed E-state index contributed by atoms with van der Waals surface area (Å²) in [7, 11) is 0. The first kappa shape index (κ1) is 7.59. The highest BCUT2D eigenvalue weighted by atomic mass is 16.3.